The molecule has 1 fully saturated rings. The zero-order chi connectivity index (χ0) is 22.1. The molecule has 1 atom stereocenters. The van der Waals surface area contributed by atoms with Crippen LogP contribution in [0.2, 0.25) is 0 Å². The van der Waals surface area contributed by atoms with E-state index in [0.29, 0.717) is 17.2 Å². The quantitative estimate of drug-likeness (QED) is 0.516. The number of pyridine rings is 1. The summed E-state index contributed by atoms with van der Waals surface area (Å²) < 4.78 is 20.5. The summed E-state index contributed by atoms with van der Waals surface area (Å²) in [5, 5.41) is 7.11. The van der Waals surface area contributed by atoms with Crippen LogP contribution in [0.1, 0.15) is 34.9 Å². The Bertz CT molecular complexity index is 1290. The van der Waals surface area contributed by atoms with Gasteiger partial charge in [-0.25, -0.2) is 18.9 Å². The predicted molar refractivity (Wildman–Crippen MR) is 117 cm³/mol. The molecule has 1 aromatic carbocycles. The molecular weight excluding hydrogens is 411 g/mol. The summed E-state index contributed by atoms with van der Waals surface area (Å²) in [7, 11) is 1.50. The molecule has 32 heavy (non-hydrogen) atoms. The number of aromatic nitrogens is 4. The van der Waals surface area contributed by atoms with Crippen molar-refractivity contribution in [2.75, 3.05) is 23.9 Å². The summed E-state index contributed by atoms with van der Waals surface area (Å²) >= 11 is 0. The van der Waals surface area contributed by atoms with Gasteiger partial charge in [-0.3, -0.25) is 4.79 Å². The second-order valence-electron chi connectivity index (χ2n) is 7.54. The number of ether oxygens (including phenoxy) is 1. The van der Waals surface area contributed by atoms with Crippen molar-refractivity contribution in [2.24, 2.45) is 0 Å². The molecule has 0 radical (unpaired) electrons. The van der Waals surface area contributed by atoms with Gasteiger partial charge in [-0.1, -0.05) is 18.2 Å². The number of hydrogen-bond donors (Lipinski definition) is 1. The fourth-order valence-electron chi connectivity index (χ4n) is 4.05. The van der Waals surface area contributed by atoms with E-state index >= 15 is 0 Å². The summed E-state index contributed by atoms with van der Waals surface area (Å²) in [6.45, 7) is 0.813. The molecule has 8 nitrogen and oxygen atoms in total. The monoisotopic (exact) mass is 432 g/mol. The molecule has 4 heterocycles. The second-order valence-corrected chi connectivity index (χ2v) is 7.54. The molecular formula is C23H21FN6O2. The van der Waals surface area contributed by atoms with E-state index in [1.807, 2.05) is 12.1 Å². The molecule has 1 amide bonds. The number of nitrogens with zero attached hydrogens (tertiary/aromatic N) is 5. The van der Waals surface area contributed by atoms with Gasteiger partial charge >= 0.3 is 0 Å². The lowest BCUT2D eigenvalue weighted by atomic mass is 10.0. The molecule has 0 bridgehead atoms. The maximum atomic E-state index is 13.8. The zero-order valence-corrected chi connectivity index (χ0v) is 17.4. The Labute approximate surface area is 183 Å². The number of rotatable bonds is 5. The minimum absolute atomic E-state index is 0.0441. The number of benzene rings is 1. The highest BCUT2D eigenvalue weighted by Gasteiger charge is 2.28. The van der Waals surface area contributed by atoms with Gasteiger partial charge < -0.3 is 15.0 Å². The standard InChI is InChI=1S/C23H21FN6O2/c1-32-21-9-3-7-17(26-21)23(31)27-18-14-25-30-12-10-20(28-22(18)30)29-11-4-8-19(29)15-5-2-6-16(24)13-15/h2-3,5-7,9-10,12-14,19H,4,8,11H2,1H3,(H,27,31). The van der Waals surface area contributed by atoms with E-state index in [1.54, 1.807) is 47.2 Å². The molecule has 0 saturated carbocycles. The van der Waals surface area contributed by atoms with Crippen LogP contribution in [0, 0.1) is 5.82 Å². The van der Waals surface area contributed by atoms with Gasteiger partial charge in [0.2, 0.25) is 5.88 Å². The van der Waals surface area contributed by atoms with Gasteiger partial charge in [0.1, 0.15) is 23.0 Å². The normalized spacial score (nSPS) is 15.8. The van der Waals surface area contributed by atoms with Crippen molar-refractivity contribution in [1.82, 2.24) is 19.6 Å². The first-order valence-corrected chi connectivity index (χ1v) is 10.3. The van der Waals surface area contributed by atoms with Crippen molar-refractivity contribution in [2.45, 2.75) is 18.9 Å². The number of anilines is 2. The van der Waals surface area contributed by atoms with E-state index in [2.05, 4.69) is 20.3 Å². The fraction of sp³-hybridized carbons (Fsp3) is 0.217. The summed E-state index contributed by atoms with van der Waals surface area (Å²) in [5.74, 6) is 0.477. The SMILES string of the molecule is COc1cccc(C(=O)Nc2cnn3ccc(N4CCCC4c4cccc(F)c4)nc23)n1. The Morgan fingerprint density at radius 1 is 1.19 bits per heavy atom. The highest BCUT2D eigenvalue weighted by Crippen LogP contribution is 2.35. The minimum atomic E-state index is -0.384. The third-order valence-corrected chi connectivity index (χ3v) is 5.55. The first-order chi connectivity index (χ1) is 15.6. The van der Waals surface area contributed by atoms with Crippen LogP contribution in [0.5, 0.6) is 5.88 Å². The highest BCUT2D eigenvalue weighted by atomic mass is 19.1. The molecule has 0 aliphatic carbocycles. The van der Waals surface area contributed by atoms with Gasteiger partial charge in [0.15, 0.2) is 5.65 Å². The molecule has 1 N–H and O–H groups in total. The summed E-state index contributed by atoms with van der Waals surface area (Å²) in [4.78, 5) is 23.8. The second kappa shape index (κ2) is 8.26. The average molecular weight is 432 g/mol. The third-order valence-electron chi connectivity index (χ3n) is 5.55. The lowest BCUT2D eigenvalue weighted by Gasteiger charge is -2.26. The fourth-order valence-corrected chi connectivity index (χ4v) is 4.05. The van der Waals surface area contributed by atoms with E-state index in [4.69, 9.17) is 9.72 Å². The van der Waals surface area contributed by atoms with Crippen molar-refractivity contribution in [1.29, 1.82) is 0 Å². The first kappa shape index (κ1) is 19.9. The number of methoxy groups -OCH3 is 1. The van der Waals surface area contributed by atoms with Crippen LogP contribution in [-0.2, 0) is 0 Å². The summed E-state index contributed by atoms with van der Waals surface area (Å²) in [6, 6.07) is 13.6. The maximum Gasteiger partial charge on any atom is 0.274 e. The van der Waals surface area contributed by atoms with Crippen LogP contribution >= 0.6 is 0 Å². The van der Waals surface area contributed by atoms with Crippen LogP contribution in [-0.4, -0.2) is 39.1 Å². The minimum Gasteiger partial charge on any atom is -0.481 e. The van der Waals surface area contributed by atoms with Crippen LogP contribution < -0.4 is 15.0 Å². The van der Waals surface area contributed by atoms with Crippen molar-refractivity contribution >= 4 is 23.1 Å². The molecule has 1 aliphatic rings. The Morgan fingerprint density at radius 2 is 2.06 bits per heavy atom. The maximum absolute atomic E-state index is 13.8. The molecule has 0 spiro atoms. The topological polar surface area (TPSA) is 84.6 Å². The third kappa shape index (κ3) is 3.73. The van der Waals surface area contributed by atoms with E-state index < -0.39 is 0 Å². The molecule has 4 aromatic rings. The van der Waals surface area contributed by atoms with Gasteiger partial charge in [-0.2, -0.15) is 5.10 Å². The number of amides is 1. The number of nitrogens with one attached hydrogen (secondary N) is 1. The number of fused-ring (bicyclic) bond motifs is 1. The van der Waals surface area contributed by atoms with Gasteiger partial charge in [-0.15, -0.1) is 0 Å². The van der Waals surface area contributed by atoms with Crippen molar-refractivity contribution in [3.8, 4) is 5.88 Å². The number of carbonyl (C=O) groups excluding carboxylic acids is 1. The number of carbonyl (C=O) groups is 1. The van der Waals surface area contributed by atoms with Crippen LogP contribution in [0.15, 0.2) is 60.9 Å². The van der Waals surface area contributed by atoms with Gasteiger partial charge in [0, 0.05) is 18.8 Å². The van der Waals surface area contributed by atoms with E-state index in [9.17, 15) is 9.18 Å². The summed E-state index contributed by atoms with van der Waals surface area (Å²) in [6.07, 6.45) is 5.26. The highest BCUT2D eigenvalue weighted by molar-refractivity contribution is 6.04. The predicted octanol–water partition coefficient (Wildman–Crippen LogP) is 3.87. The van der Waals surface area contributed by atoms with Gasteiger partial charge in [0.05, 0.1) is 19.3 Å². The molecule has 1 aliphatic heterocycles. The molecule has 1 unspecified atom stereocenters. The average Bonchev–Trinajstić information content (AvgIpc) is 3.46. The Hall–Kier alpha value is -4.01. The lowest BCUT2D eigenvalue weighted by molar-refractivity contribution is 0.102. The number of halogens is 1. The van der Waals surface area contributed by atoms with Crippen molar-refractivity contribution in [3.63, 3.8) is 0 Å². The van der Waals surface area contributed by atoms with Gasteiger partial charge in [0.25, 0.3) is 5.91 Å². The van der Waals surface area contributed by atoms with E-state index in [0.717, 1.165) is 30.8 Å². The van der Waals surface area contributed by atoms with Crippen LogP contribution in [0.25, 0.3) is 5.65 Å². The summed E-state index contributed by atoms with van der Waals surface area (Å²) in [5.41, 5.74) is 2.15. The Balaban J connectivity index is 1.44. The zero-order valence-electron chi connectivity index (χ0n) is 17.4. The van der Waals surface area contributed by atoms with E-state index in [-0.39, 0.29) is 23.5 Å². The molecule has 9 heteroatoms. The Morgan fingerprint density at radius 3 is 2.91 bits per heavy atom. The number of hydrogen-bond acceptors (Lipinski definition) is 6. The first-order valence-electron chi connectivity index (χ1n) is 10.3. The van der Waals surface area contributed by atoms with Gasteiger partial charge in [-0.05, 0) is 42.7 Å². The largest absolute Gasteiger partial charge is 0.481 e. The van der Waals surface area contributed by atoms with Crippen LogP contribution in [0.3, 0.4) is 0 Å². The smallest absolute Gasteiger partial charge is 0.274 e. The molecule has 162 valence electrons. The van der Waals surface area contributed by atoms with Crippen LogP contribution in [0.4, 0.5) is 15.9 Å². The van der Waals surface area contributed by atoms with E-state index in [1.165, 1.54) is 13.2 Å². The molecule has 5 rings (SSSR count). The molecule has 1 saturated heterocycles. The van der Waals surface area contributed by atoms with Crippen molar-refractivity contribution < 1.29 is 13.9 Å². The Kier molecular flexibility index (Phi) is 5.14. The molecule has 3 aromatic heterocycles. The van der Waals surface area contributed by atoms with Crippen molar-refractivity contribution in [3.05, 3.63) is 78.0 Å². The lowest BCUT2D eigenvalue weighted by Crippen LogP contribution is -2.24.